The first-order chi connectivity index (χ1) is 10.3. The van der Waals surface area contributed by atoms with Crippen LogP contribution in [0.1, 0.15) is 53.4 Å². The van der Waals surface area contributed by atoms with Crippen LogP contribution in [0.25, 0.3) is 0 Å². The molecule has 0 radical (unpaired) electrons. The van der Waals surface area contributed by atoms with Crippen LogP contribution in [0.2, 0.25) is 0 Å². The van der Waals surface area contributed by atoms with Crippen molar-refractivity contribution in [2.45, 2.75) is 65.6 Å². The number of rotatable bonds is 4. The summed E-state index contributed by atoms with van der Waals surface area (Å²) in [6.45, 7) is 13.0. The molecule has 0 heterocycles. The van der Waals surface area contributed by atoms with Gasteiger partial charge in [-0.3, -0.25) is 0 Å². The zero-order valence-electron chi connectivity index (χ0n) is 14.5. The Kier molecular flexibility index (Phi) is 4.06. The van der Waals surface area contributed by atoms with Crippen molar-refractivity contribution in [1.29, 1.82) is 0 Å². The Balaban J connectivity index is 1.75. The van der Waals surface area contributed by atoms with Gasteiger partial charge < -0.3 is 10.2 Å². The molecule has 0 aliphatic heterocycles. The van der Waals surface area contributed by atoms with Gasteiger partial charge in [0, 0.05) is 5.41 Å². The van der Waals surface area contributed by atoms with Crippen molar-refractivity contribution in [1.82, 2.24) is 0 Å². The van der Waals surface area contributed by atoms with Gasteiger partial charge in [0.2, 0.25) is 0 Å². The van der Waals surface area contributed by atoms with Crippen LogP contribution in [-0.4, -0.2) is 22.4 Å². The molecule has 2 N–H and O–H groups in total. The van der Waals surface area contributed by atoms with Crippen LogP contribution in [0.3, 0.4) is 0 Å². The Bertz CT molecular complexity index is 490. The Morgan fingerprint density at radius 1 is 1.36 bits per heavy atom. The lowest BCUT2D eigenvalue weighted by molar-refractivity contribution is -0.143. The molecule has 3 aliphatic rings. The molecule has 0 saturated heterocycles. The van der Waals surface area contributed by atoms with Crippen LogP contribution < -0.4 is 0 Å². The molecule has 124 valence electrons. The summed E-state index contributed by atoms with van der Waals surface area (Å²) in [5.41, 5.74) is 2.39. The number of hydrogen-bond acceptors (Lipinski definition) is 2. The van der Waals surface area contributed by atoms with E-state index in [4.69, 9.17) is 0 Å². The van der Waals surface area contributed by atoms with Gasteiger partial charge in [-0.25, -0.2) is 0 Å². The summed E-state index contributed by atoms with van der Waals surface area (Å²) in [5, 5.41) is 20.9. The van der Waals surface area contributed by atoms with Crippen molar-refractivity contribution in [3.05, 3.63) is 23.8 Å². The lowest BCUT2D eigenvalue weighted by atomic mass is 9.46. The van der Waals surface area contributed by atoms with E-state index < -0.39 is 6.10 Å². The lowest BCUT2D eigenvalue weighted by Gasteiger charge is -2.58. The van der Waals surface area contributed by atoms with E-state index in [1.807, 2.05) is 19.9 Å². The molecule has 22 heavy (non-hydrogen) atoms. The summed E-state index contributed by atoms with van der Waals surface area (Å²) in [6, 6.07) is 0. The molecule has 0 aromatic carbocycles. The molecule has 0 bridgehead atoms. The van der Waals surface area contributed by atoms with Gasteiger partial charge in [0.15, 0.2) is 0 Å². The monoisotopic (exact) mass is 304 g/mol. The van der Waals surface area contributed by atoms with E-state index in [0.717, 1.165) is 29.4 Å². The largest absolute Gasteiger partial charge is 0.393 e. The van der Waals surface area contributed by atoms with Gasteiger partial charge in [0.1, 0.15) is 0 Å². The lowest BCUT2D eigenvalue weighted by Crippen LogP contribution is -2.57. The molecule has 0 aromatic rings. The first kappa shape index (κ1) is 16.3. The fraction of sp³-hybridized carbons (Fsp3) is 0.800. The predicted molar refractivity (Wildman–Crippen MR) is 90.3 cm³/mol. The minimum atomic E-state index is -0.432. The first-order valence-electron chi connectivity index (χ1n) is 8.95. The maximum absolute atomic E-state index is 10.7. The van der Waals surface area contributed by atoms with E-state index in [1.54, 1.807) is 0 Å². The summed E-state index contributed by atoms with van der Waals surface area (Å²) >= 11 is 0. The van der Waals surface area contributed by atoms with E-state index in [2.05, 4.69) is 20.4 Å². The highest BCUT2D eigenvalue weighted by Crippen LogP contribution is 2.73. The van der Waals surface area contributed by atoms with E-state index in [1.165, 1.54) is 12.8 Å². The molecule has 8 atom stereocenters. The minimum Gasteiger partial charge on any atom is -0.393 e. The highest BCUT2D eigenvalue weighted by atomic mass is 16.3. The Hall–Kier alpha value is -0.600. The highest BCUT2D eigenvalue weighted by molar-refractivity contribution is 5.24. The van der Waals surface area contributed by atoms with Crippen molar-refractivity contribution >= 4 is 0 Å². The van der Waals surface area contributed by atoms with Crippen LogP contribution >= 0.6 is 0 Å². The Morgan fingerprint density at radius 2 is 2.05 bits per heavy atom. The maximum atomic E-state index is 10.7. The second-order valence-electron chi connectivity index (χ2n) is 8.66. The topological polar surface area (TPSA) is 40.5 Å². The van der Waals surface area contributed by atoms with E-state index >= 15 is 0 Å². The second-order valence-corrected chi connectivity index (χ2v) is 8.66. The summed E-state index contributed by atoms with van der Waals surface area (Å²) < 4.78 is 0. The highest BCUT2D eigenvalue weighted by Gasteiger charge is 2.70. The third-order valence-corrected chi connectivity index (χ3v) is 7.14. The van der Waals surface area contributed by atoms with E-state index in [9.17, 15) is 10.2 Å². The van der Waals surface area contributed by atoms with E-state index in [-0.39, 0.29) is 11.5 Å². The number of aliphatic hydroxyl groups excluding tert-OH is 2. The van der Waals surface area contributed by atoms with Gasteiger partial charge >= 0.3 is 0 Å². The van der Waals surface area contributed by atoms with Crippen molar-refractivity contribution in [3.63, 3.8) is 0 Å². The zero-order chi connectivity index (χ0) is 16.2. The Labute approximate surface area is 135 Å². The summed E-state index contributed by atoms with van der Waals surface area (Å²) in [4.78, 5) is 0. The molecule has 3 rings (SSSR count). The molecule has 2 nitrogen and oxygen atoms in total. The maximum Gasteiger partial charge on any atom is 0.0760 e. The van der Waals surface area contributed by atoms with Crippen molar-refractivity contribution in [2.75, 3.05) is 0 Å². The van der Waals surface area contributed by atoms with E-state index in [0.29, 0.717) is 24.2 Å². The van der Waals surface area contributed by atoms with Gasteiger partial charge in [-0.2, -0.15) is 0 Å². The number of hydrogen-bond donors (Lipinski definition) is 2. The van der Waals surface area contributed by atoms with Crippen LogP contribution in [0, 0.1) is 35.0 Å². The van der Waals surface area contributed by atoms with Gasteiger partial charge in [-0.05, 0) is 62.7 Å². The normalized spacial score (nSPS) is 47.4. The quantitative estimate of drug-likeness (QED) is 0.772. The molecule has 2 heteroatoms. The average molecular weight is 304 g/mol. The van der Waals surface area contributed by atoms with Gasteiger partial charge in [-0.15, -0.1) is 0 Å². The van der Waals surface area contributed by atoms with Gasteiger partial charge in [-0.1, -0.05) is 44.1 Å². The molecule has 0 spiro atoms. The zero-order valence-corrected chi connectivity index (χ0v) is 14.5. The molecule has 3 saturated carbocycles. The first-order valence-corrected chi connectivity index (χ1v) is 8.95. The molecule has 3 aliphatic carbocycles. The summed E-state index contributed by atoms with van der Waals surface area (Å²) in [7, 11) is 0. The molecule has 0 aromatic heterocycles. The van der Waals surface area contributed by atoms with Crippen LogP contribution in [-0.2, 0) is 0 Å². The van der Waals surface area contributed by atoms with Crippen molar-refractivity contribution < 1.29 is 10.2 Å². The van der Waals surface area contributed by atoms with Crippen LogP contribution in [0.4, 0.5) is 0 Å². The predicted octanol–water partition coefficient (Wildman–Crippen LogP) is 3.94. The summed E-state index contributed by atoms with van der Waals surface area (Å²) in [6.07, 6.45) is 5.38. The third kappa shape index (κ3) is 2.22. The van der Waals surface area contributed by atoms with Crippen molar-refractivity contribution in [2.24, 2.45) is 35.0 Å². The number of aliphatic hydroxyl groups is 2. The smallest absolute Gasteiger partial charge is 0.0760 e. The SMILES string of the molecule is C=C(CC(O)C=C(C)C)C1CC(O)C2(C)C3CCC(C)C3C12. The molecular formula is C20H32O2. The second kappa shape index (κ2) is 5.49. The summed E-state index contributed by atoms with van der Waals surface area (Å²) in [5.74, 6) is 3.23. The minimum absolute atomic E-state index is 0.102. The third-order valence-electron chi connectivity index (χ3n) is 7.14. The number of allylic oxidation sites excluding steroid dienone is 1. The molecule has 0 amide bonds. The molecular weight excluding hydrogens is 272 g/mol. The van der Waals surface area contributed by atoms with Crippen molar-refractivity contribution in [3.8, 4) is 0 Å². The standard InChI is InChI=1S/C20H32O2/c1-11(2)8-14(21)9-13(4)15-10-17(22)20(5)16-7-6-12(3)18(16)19(15)20/h8,12,14-19,21-22H,4,6-7,9-10H2,1-3,5H3. The number of fused-ring (bicyclic) bond motifs is 4. The fourth-order valence-electron chi connectivity index (χ4n) is 6.19. The van der Waals surface area contributed by atoms with Gasteiger partial charge in [0.25, 0.3) is 0 Å². The Morgan fingerprint density at radius 3 is 2.68 bits per heavy atom. The molecule has 3 fully saturated rings. The molecule has 8 unspecified atom stereocenters. The fourth-order valence-corrected chi connectivity index (χ4v) is 6.19. The average Bonchev–Trinajstić information content (AvgIpc) is 2.83. The van der Waals surface area contributed by atoms with Crippen LogP contribution in [0.15, 0.2) is 23.8 Å². The van der Waals surface area contributed by atoms with Gasteiger partial charge in [0.05, 0.1) is 12.2 Å². The van der Waals surface area contributed by atoms with Crippen LogP contribution in [0.5, 0.6) is 0 Å².